The summed E-state index contributed by atoms with van der Waals surface area (Å²) in [5.41, 5.74) is 0.728. The van der Waals surface area contributed by atoms with Gasteiger partial charge in [0, 0.05) is 11.6 Å². The van der Waals surface area contributed by atoms with Gasteiger partial charge in [-0.3, -0.25) is 4.79 Å². The Hall–Kier alpha value is -1.95. The Morgan fingerprint density at radius 3 is 2.25 bits per heavy atom. The van der Waals surface area contributed by atoms with Gasteiger partial charge in [-0.25, -0.2) is 4.79 Å². The zero-order valence-electron chi connectivity index (χ0n) is 12.7. The number of hydrogen-bond donors (Lipinski definition) is 1. The Morgan fingerprint density at radius 2 is 1.67 bits per heavy atom. The third kappa shape index (κ3) is 3.93. The van der Waals surface area contributed by atoms with Crippen molar-refractivity contribution < 1.29 is 19.1 Å². The van der Waals surface area contributed by atoms with Crippen LogP contribution in [0, 0.1) is 0 Å². The van der Waals surface area contributed by atoms with E-state index in [0.29, 0.717) is 10.6 Å². The minimum Gasteiger partial charge on any atom is -0.496 e. The molecule has 2 rings (SSSR count). The second-order valence-electron chi connectivity index (χ2n) is 4.61. The van der Waals surface area contributed by atoms with E-state index < -0.39 is 11.9 Å². The molecule has 0 aliphatic heterocycles. The van der Waals surface area contributed by atoms with Crippen molar-refractivity contribution in [2.45, 2.75) is 0 Å². The van der Waals surface area contributed by atoms with Gasteiger partial charge >= 0.3 is 5.97 Å². The Balaban J connectivity index is 2.33. The number of carbonyl (C=O) groups excluding carboxylic acids is 2. The molecule has 0 atom stereocenters. The first-order chi connectivity index (χ1) is 11.4. The molecule has 0 unspecified atom stereocenters. The highest BCUT2D eigenvalue weighted by atomic mass is 35.5. The monoisotopic (exact) mass is 387 g/mol. The van der Waals surface area contributed by atoms with Crippen LogP contribution in [0.5, 0.6) is 5.75 Å². The molecule has 1 N–H and O–H groups in total. The summed E-state index contributed by atoms with van der Waals surface area (Å²) in [6.07, 6.45) is 0. The summed E-state index contributed by atoms with van der Waals surface area (Å²) in [5, 5.41) is 3.39. The molecule has 0 aromatic heterocycles. The van der Waals surface area contributed by atoms with Crippen LogP contribution in [-0.2, 0) is 4.74 Å². The van der Waals surface area contributed by atoms with Crippen LogP contribution in [0.4, 0.5) is 5.69 Å². The molecule has 0 aliphatic carbocycles. The van der Waals surface area contributed by atoms with Crippen molar-refractivity contribution in [3.05, 3.63) is 56.5 Å². The van der Waals surface area contributed by atoms with Gasteiger partial charge in [-0.1, -0.05) is 34.8 Å². The second kappa shape index (κ2) is 7.75. The highest BCUT2D eigenvalue weighted by Crippen LogP contribution is 2.32. The van der Waals surface area contributed by atoms with Crippen molar-refractivity contribution in [2.24, 2.45) is 0 Å². The van der Waals surface area contributed by atoms with E-state index in [1.54, 1.807) is 0 Å². The van der Waals surface area contributed by atoms with E-state index in [0.717, 1.165) is 0 Å². The molecule has 126 valence electrons. The summed E-state index contributed by atoms with van der Waals surface area (Å²) in [5.74, 6) is -0.824. The van der Waals surface area contributed by atoms with Crippen molar-refractivity contribution in [1.82, 2.24) is 0 Å². The second-order valence-corrected chi connectivity index (χ2v) is 5.83. The van der Waals surface area contributed by atoms with Crippen molar-refractivity contribution in [3.63, 3.8) is 0 Å². The van der Waals surface area contributed by atoms with Crippen LogP contribution >= 0.6 is 34.8 Å². The molecular formula is C16H12Cl3NO4. The summed E-state index contributed by atoms with van der Waals surface area (Å²) in [7, 11) is 2.63. The molecule has 8 heteroatoms. The van der Waals surface area contributed by atoms with E-state index in [1.807, 2.05) is 0 Å². The van der Waals surface area contributed by atoms with Gasteiger partial charge in [0.25, 0.3) is 5.91 Å². The molecule has 2 aromatic rings. The molecule has 24 heavy (non-hydrogen) atoms. The van der Waals surface area contributed by atoms with Crippen LogP contribution in [0.2, 0.25) is 15.1 Å². The fourth-order valence-electron chi connectivity index (χ4n) is 1.92. The maximum absolute atomic E-state index is 12.3. The largest absolute Gasteiger partial charge is 0.496 e. The molecule has 0 aliphatic rings. The third-order valence-corrected chi connectivity index (χ3v) is 4.18. The molecule has 0 radical (unpaired) electrons. The van der Waals surface area contributed by atoms with E-state index in [1.165, 1.54) is 44.6 Å². The van der Waals surface area contributed by atoms with Crippen LogP contribution in [0.15, 0.2) is 30.3 Å². The lowest BCUT2D eigenvalue weighted by molar-refractivity contribution is 0.0597. The van der Waals surface area contributed by atoms with Gasteiger partial charge in [-0.15, -0.1) is 0 Å². The summed E-state index contributed by atoms with van der Waals surface area (Å²) in [6, 6.07) is 7.27. The van der Waals surface area contributed by atoms with Crippen LogP contribution in [0.3, 0.4) is 0 Å². The molecule has 0 saturated carbocycles. The smallest absolute Gasteiger partial charge is 0.341 e. The maximum atomic E-state index is 12.3. The molecular weight excluding hydrogens is 377 g/mol. The van der Waals surface area contributed by atoms with Gasteiger partial charge in [-0.05, 0) is 24.3 Å². The number of halogens is 3. The van der Waals surface area contributed by atoms with Crippen molar-refractivity contribution in [3.8, 4) is 5.75 Å². The van der Waals surface area contributed by atoms with Gasteiger partial charge in [0.15, 0.2) is 0 Å². The quantitative estimate of drug-likeness (QED) is 0.771. The Morgan fingerprint density at radius 1 is 0.958 bits per heavy atom. The molecule has 0 saturated heterocycles. The number of benzene rings is 2. The predicted octanol–water partition coefficient (Wildman–Crippen LogP) is 4.69. The number of esters is 1. The highest BCUT2D eigenvalue weighted by Gasteiger charge is 2.18. The van der Waals surface area contributed by atoms with Gasteiger partial charge in [0.2, 0.25) is 0 Å². The van der Waals surface area contributed by atoms with E-state index in [4.69, 9.17) is 39.5 Å². The SMILES string of the molecule is COC(=O)c1cc(Cl)c(NC(=O)c2ccc(Cl)c(Cl)c2)cc1OC. The Labute approximate surface area is 153 Å². The van der Waals surface area contributed by atoms with Gasteiger partial charge in [0.1, 0.15) is 11.3 Å². The lowest BCUT2D eigenvalue weighted by Gasteiger charge is -2.12. The minimum absolute atomic E-state index is 0.150. The van der Waals surface area contributed by atoms with Crippen molar-refractivity contribution in [2.75, 3.05) is 19.5 Å². The zero-order valence-corrected chi connectivity index (χ0v) is 14.9. The molecule has 5 nitrogen and oxygen atoms in total. The number of ether oxygens (including phenoxy) is 2. The normalized spacial score (nSPS) is 10.2. The van der Waals surface area contributed by atoms with Crippen LogP contribution in [0.1, 0.15) is 20.7 Å². The Kier molecular flexibility index (Phi) is 5.94. The first kappa shape index (κ1) is 18.4. The van der Waals surface area contributed by atoms with E-state index >= 15 is 0 Å². The molecule has 2 aromatic carbocycles. The van der Waals surface area contributed by atoms with E-state index in [-0.39, 0.29) is 27.0 Å². The number of anilines is 1. The first-order valence-corrected chi connectivity index (χ1v) is 7.73. The fourth-order valence-corrected chi connectivity index (χ4v) is 2.43. The molecule has 0 bridgehead atoms. The van der Waals surface area contributed by atoms with Crippen molar-refractivity contribution in [1.29, 1.82) is 0 Å². The number of carbonyl (C=O) groups is 2. The predicted molar refractivity (Wildman–Crippen MR) is 93.8 cm³/mol. The number of nitrogens with one attached hydrogen (secondary N) is 1. The Bertz CT molecular complexity index is 808. The van der Waals surface area contributed by atoms with Crippen LogP contribution in [-0.4, -0.2) is 26.1 Å². The highest BCUT2D eigenvalue weighted by molar-refractivity contribution is 6.42. The number of amides is 1. The molecule has 0 fully saturated rings. The standard InChI is InChI=1S/C16H12Cl3NO4/c1-23-14-7-13(12(19)6-9(14)16(22)24-2)20-15(21)8-3-4-10(17)11(18)5-8/h3-7H,1-2H3,(H,20,21). The average molecular weight is 389 g/mol. The fraction of sp³-hybridized carbons (Fsp3) is 0.125. The third-order valence-electron chi connectivity index (χ3n) is 3.12. The summed E-state index contributed by atoms with van der Waals surface area (Å²) in [6.45, 7) is 0. The van der Waals surface area contributed by atoms with Gasteiger partial charge in [-0.2, -0.15) is 0 Å². The zero-order chi connectivity index (χ0) is 17.9. The minimum atomic E-state index is -0.601. The summed E-state index contributed by atoms with van der Waals surface area (Å²) >= 11 is 17.9. The topological polar surface area (TPSA) is 64.6 Å². The average Bonchev–Trinajstić information content (AvgIpc) is 2.57. The van der Waals surface area contributed by atoms with Gasteiger partial charge in [0.05, 0.1) is 35.0 Å². The lowest BCUT2D eigenvalue weighted by Crippen LogP contribution is -2.13. The first-order valence-electron chi connectivity index (χ1n) is 6.59. The van der Waals surface area contributed by atoms with E-state index in [2.05, 4.69) is 10.1 Å². The number of rotatable bonds is 4. The maximum Gasteiger partial charge on any atom is 0.341 e. The summed E-state index contributed by atoms with van der Waals surface area (Å²) < 4.78 is 9.79. The molecule has 0 spiro atoms. The lowest BCUT2D eigenvalue weighted by atomic mass is 10.1. The molecule has 0 heterocycles. The number of methoxy groups -OCH3 is 2. The van der Waals surface area contributed by atoms with Crippen LogP contribution < -0.4 is 10.1 Å². The number of hydrogen-bond acceptors (Lipinski definition) is 4. The van der Waals surface area contributed by atoms with Crippen molar-refractivity contribution >= 4 is 52.4 Å². The summed E-state index contributed by atoms with van der Waals surface area (Å²) in [4.78, 5) is 24.0. The van der Waals surface area contributed by atoms with Crippen LogP contribution in [0.25, 0.3) is 0 Å². The van der Waals surface area contributed by atoms with Gasteiger partial charge < -0.3 is 14.8 Å². The molecule has 1 amide bonds. The van der Waals surface area contributed by atoms with E-state index in [9.17, 15) is 9.59 Å².